The summed E-state index contributed by atoms with van der Waals surface area (Å²) in [4.78, 5) is 43.0. The normalized spacial score (nSPS) is 11.1. The van der Waals surface area contributed by atoms with Crippen LogP contribution in [0.4, 0.5) is 0 Å². The number of phenols is 2. The molecule has 0 spiro atoms. The zero-order chi connectivity index (χ0) is 26.3. The fourth-order valence-electron chi connectivity index (χ4n) is 2.61. The summed E-state index contributed by atoms with van der Waals surface area (Å²) in [6.45, 7) is 4.62. The first kappa shape index (κ1) is 33.8. The number of carboxylic acids is 2. The van der Waals surface area contributed by atoms with Crippen LogP contribution in [-0.2, 0) is 49.1 Å². The summed E-state index contributed by atoms with van der Waals surface area (Å²) in [7, 11) is 1.31. The van der Waals surface area contributed by atoms with E-state index < -0.39 is 35.8 Å². The second-order valence-corrected chi connectivity index (χ2v) is 6.89. The van der Waals surface area contributed by atoms with E-state index in [9.17, 15) is 29.4 Å². The Morgan fingerprint density at radius 1 is 0.714 bits per heavy atom. The Hall–Kier alpha value is -3.34. The molecule has 2 atom stereocenters. The van der Waals surface area contributed by atoms with Crippen LogP contribution >= 0.6 is 0 Å². The molecule has 2 amide bonds. The molecule has 10 nitrogen and oxygen atoms in total. The Balaban J connectivity index is 0. The third kappa shape index (κ3) is 15.2. The predicted molar refractivity (Wildman–Crippen MR) is 125 cm³/mol. The molecule has 195 valence electrons. The molecule has 35 heavy (non-hydrogen) atoms. The molecule has 0 aliphatic carbocycles. The monoisotopic (exact) mass is 553 g/mol. The SMILES string of the molecule is CC(=O)N[C@@H](Cc1ccc(O)cc1)C(=O)[O-].CC(=O)N[C@@H](Cc1ccc(O)cc1)C(=O)[O-].C[SiH3].[Cu+2]. The minimum Gasteiger partial charge on any atom is -0.548 e. The second-order valence-electron chi connectivity index (χ2n) is 6.89. The Bertz CT molecular complexity index is 862. The van der Waals surface area contributed by atoms with E-state index in [2.05, 4.69) is 17.2 Å². The van der Waals surface area contributed by atoms with Gasteiger partial charge >= 0.3 is 17.1 Å². The smallest absolute Gasteiger partial charge is 0.548 e. The van der Waals surface area contributed by atoms with E-state index in [1.165, 1.54) is 48.4 Å². The maximum atomic E-state index is 10.8. The molecule has 2 aromatic rings. The van der Waals surface area contributed by atoms with Crippen LogP contribution in [0.15, 0.2) is 48.5 Å². The summed E-state index contributed by atoms with van der Waals surface area (Å²) >= 11 is 0. The number of carbonyl (C=O) groups is 4. The van der Waals surface area contributed by atoms with Gasteiger partial charge in [0.25, 0.3) is 0 Å². The van der Waals surface area contributed by atoms with Crippen molar-refractivity contribution in [1.29, 1.82) is 0 Å². The molecule has 12 heteroatoms. The molecule has 4 N–H and O–H groups in total. The Morgan fingerprint density at radius 2 is 0.971 bits per heavy atom. The number of carboxylic acid groups (broad SMARTS) is 2. The van der Waals surface area contributed by atoms with Crippen molar-refractivity contribution in [2.45, 2.75) is 45.3 Å². The van der Waals surface area contributed by atoms with Gasteiger partial charge in [0.05, 0.1) is 24.0 Å². The standard InChI is InChI=1S/2C11H13NO4.CH6Si.Cu/c2*1-7(13)12-10(11(15)16)6-8-2-4-9(14)5-3-8;1-2;/h2*2-5,10,14H,6H2,1H3,(H,12,13)(H,15,16);1-2H3;/q;;;+2/p-2/t2*10-;;/m00../s1. The molecule has 0 unspecified atom stereocenters. The minimum atomic E-state index is -1.33. The van der Waals surface area contributed by atoms with Crippen molar-refractivity contribution in [2.75, 3.05) is 0 Å². The first-order chi connectivity index (χ1) is 16.0. The summed E-state index contributed by atoms with van der Waals surface area (Å²) in [5, 5.41) is 44.1. The third-order valence-electron chi connectivity index (χ3n) is 4.08. The number of phenolic OH excluding ortho intramolecular Hbond substituents is 2. The number of aliphatic carboxylic acids is 2. The van der Waals surface area contributed by atoms with E-state index in [0.717, 1.165) is 0 Å². The molecule has 0 aromatic heterocycles. The summed E-state index contributed by atoms with van der Waals surface area (Å²) in [6, 6.07) is 10.1. The zero-order valence-corrected chi connectivity index (χ0v) is 22.8. The van der Waals surface area contributed by atoms with Crippen molar-refractivity contribution in [3.05, 3.63) is 59.7 Å². The van der Waals surface area contributed by atoms with Crippen molar-refractivity contribution < 1.29 is 56.7 Å². The van der Waals surface area contributed by atoms with Gasteiger partial charge in [0, 0.05) is 13.8 Å². The molecular formula is C23H30CuN2O8Si. The number of aromatic hydroxyl groups is 2. The van der Waals surface area contributed by atoms with Crippen LogP contribution in [0, 0.1) is 0 Å². The number of hydrogen-bond donors (Lipinski definition) is 4. The summed E-state index contributed by atoms with van der Waals surface area (Å²) < 4.78 is 0. The van der Waals surface area contributed by atoms with Crippen LogP contribution in [-0.4, -0.2) is 56.3 Å². The molecule has 0 aliphatic rings. The maximum Gasteiger partial charge on any atom is 2.00 e. The topological polar surface area (TPSA) is 179 Å². The Morgan fingerprint density at radius 3 is 1.17 bits per heavy atom. The van der Waals surface area contributed by atoms with Gasteiger partial charge in [-0.3, -0.25) is 9.59 Å². The number of benzene rings is 2. The first-order valence-electron chi connectivity index (χ1n) is 10.5. The third-order valence-corrected chi connectivity index (χ3v) is 4.08. The summed E-state index contributed by atoms with van der Waals surface area (Å²) in [5.41, 5.74) is 1.39. The van der Waals surface area contributed by atoms with Gasteiger partial charge in [-0.05, 0) is 58.5 Å². The maximum absolute atomic E-state index is 10.8. The molecule has 0 bridgehead atoms. The van der Waals surface area contributed by atoms with Crippen molar-refractivity contribution in [3.8, 4) is 11.5 Å². The first-order valence-corrected chi connectivity index (χ1v) is 12.5. The summed E-state index contributed by atoms with van der Waals surface area (Å²) in [5.74, 6) is -3.30. The fourth-order valence-corrected chi connectivity index (χ4v) is 2.61. The van der Waals surface area contributed by atoms with Gasteiger partial charge in [0.1, 0.15) is 11.5 Å². The van der Waals surface area contributed by atoms with E-state index in [1.54, 1.807) is 24.3 Å². The molecule has 2 aromatic carbocycles. The van der Waals surface area contributed by atoms with E-state index in [4.69, 9.17) is 10.2 Å². The van der Waals surface area contributed by atoms with Crippen LogP contribution in [0.3, 0.4) is 0 Å². The van der Waals surface area contributed by atoms with Crippen molar-refractivity contribution in [2.24, 2.45) is 0 Å². The number of carbonyl (C=O) groups excluding carboxylic acids is 4. The van der Waals surface area contributed by atoms with Crippen LogP contribution in [0.1, 0.15) is 25.0 Å². The quantitative estimate of drug-likeness (QED) is 0.265. The number of hydrogen-bond acceptors (Lipinski definition) is 8. The van der Waals surface area contributed by atoms with Crippen LogP contribution in [0.25, 0.3) is 0 Å². The molecule has 0 aliphatic heterocycles. The second kappa shape index (κ2) is 18.0. The molecule has 0 saturated heterocycles. The molecular weight excluding hydrogens is 524 g/mol. The zero-order valence-electron chi connectivity index (χ0n) is 19.8. The molecule has 0 fully saturated rings. The van der Waals surface area contributed by atoms with Gasteiger partial charge in [-0.2, -0.15) is 0 Å². The summed E-state index contributed by atoms with van der Waals surface area (Å²) in [6.07, 6.45) is 0.254. The van der Waals surface area contributed by atoms with E-state index in [0.29, 0.717) is 11.1 Å². The van der Waals surface area contributed by atoms with Crippen molar-refractivity contribution in [3.63, 3.8) is 0 Å². The average Bonchev–Trinajstić information content (AvgIpc) is 2.77. The molecule has 2 rings (SSSR count). The van der Waals surface area contributed by atoms with E-state index >= 15 is 0 Å². The van der Waals surface area contributed by atoms with Crippen LogP contribution in [0.2, 0.25) is 6.55 Å². The van der Waals surface area contributed by atoms with Gasteiger partial charge < -0.3 is 40.6 Å². The van der Waals surface area contributed by atoms with Crippen molar-refractivity contribution >= 4 is 34.0 Å². The van der Waals surface area contributed by atoms with E-state index in [1.807, 2.05) is 0 Å². The van der Waals surface area contributed by atoms with Gasteiger partial charge in [0.2, 0.25) is 11.8 Å². The van der Waals surface area contributed by atoms with Crippen LogP contribution < -0.4 is 20.8 Å². The number of rotatable bonds is 8. The number of amides is 2. The fraction of sp³-hybridized carbons (Fsp3) is 0.304. The average molecular weight is 554 g/mol. The van der Waals surface area contributed by atoms with Gasteiger partial charge in [0.15, 0.2) is 0 Å². The largest absolute Gasteiger partial charge is 2.00 e. The van der Waals surface area contributed by atoms with Gasteiger partial charge in [-0.1, -0.05) is 30.8 Å². The van der Waals surface area contributed by atoms with Gasteiger partial charge in [-0.15, -0.1) is 0 Å². The van der Waals surface area contributed by atoms with Crippen LogP contribution in [0.5, 0.6) is 11.5 Å². The molecule has 0 heterocycles. The number of nitrogens with one attached hydrogen (secondary N) is 2. The van der Waals surface area contributed by atoms with Crippen molar-refractivity contribution in [1.82, 2.24) is 10.6 Å². The van der Waals surface area contributed by atoms with Gasteiger partial charge in [-0.25, -0.2) is 0 Å². The van der Waals surface area contributed by atoms with E-state index in [-0.39, 0.29) is 41.4 Å². The minimum absolute atomic E-state index is 0. The predicted octanol–water partition coefficient (Wildman–Crippen LogP) is -2.22. The Labute approximate surface area is 217 Å². The molecule has 0 saturated carbocycles. The molecule has 1 radical (unpaired) electrons. The Kier molecular flexibility index (Phi) is 17.4.